The van der Waals surface area contributed by atoms with Crippen molar-refractivity contribution in [2.45, 2.75) is 52.8 Å². The van der Waals surface area contributed by atoms with Crippen LogP contribution in [0.1, 0.15) is 50.7 Å². The van der Waals surface area contributed by atoms with Crippen LogP contribution in [0.5, 0.6) is 0 Å². The smallest absolute Gasteiger partial charge is 0.408 e. The van der Waals surface area contributed by atoms with E-state index in [2.05, 4.69) is 10.3 Å². The minimum absolute atomic E-state index is 0.320. The Morgan fingerprint density at radius 3 is 2.62 bits per heavy atom. The third-order valence-electron chi connectivity index (χ3n) is 5.28. The monoisotopic (exact) mass is 458 g/mol. The molecular weight excluding hydrogens is 428 g/mol. The number of amides is 1. The summed E-state index contributed by atoms with van der Waals surface area (Å²) in [5, 5.41) is 8.57. The predicted molar refractivity (Wildman–Crippen MR) is 133 cm³/mol. The maximum Gasteiger partial charge on any atom is 0.408 e. The van der Waals surface area contributed by atoms with Gasteiger partial charge < -0.3 is 15.8 Å². The number of fused-ring (bicyclic) bond motifs is 1. The SMILES string of the molecule is Cc1cccc(-n2cc3c(CN)cc(-c4cccc(C(C)NC(=O)OC(C)(C)C)n4)cc3n2)n1. The quantitative estimate of drug-likeness (QED) is 0.443. The molecule has 1 unspecified atom stereocenters. The zero-order chi connectivity index (χ0) is 24.5. The van der Waals surface area contributed by atoms with Crippen LogP contribution in [-0.2, 0) is 11.3 Å². The summed E-state index contributed by atoms with van der Waals surface area (Å²) in [4.78, 5) is 21.5. The summed E-state index contributed by atoms with van der Waals surface area (Å²) in [6, 6.07) is 15.3. The van der Waals surface area contributed by atoms with Crippen LogP contribution in [0.3, 0.4) is 0 Å². The molecule has 8 nitrogen and oxygen atoms in total. The average molecular weight is 459 g/mol. The maximum atomic E-state index is 12.2. The van der Waals surface area contributed by atoms with E-state index in [1.807, 2.05) is 89.3 Å². The summed E-state index contributed by atoms with van der Waals surface area (Å²) >= 11 is 0. The molecular formula is C26H30N6O2. The van der Waals surface area contributed by atoms with Crippen molar-refractivity contribution < 1.29 is 9.53 Å². The van der Waals surface area contributed by atoms with E-state index < -0.39 is 11.7 Å². The second kappa shape index (κ2) is 9.23. The standard InChI is InChI=1S/C26H30N6O2/c1-16-8-6-11-24(28-16)32-15-20-19(14-27)12-18(13-23(20)31-32)22-10-7-9-21(30-22)17(2)29-25(33)34-26(3,4)5/h6-13,15,17H,14,27H2,1-5H3,(H,29,33). The van der Waals surface area contributed by atoms with Crippen molar-refractivity contribution in [1.29, 1.82) is 0 Å². The summed E-state index contributed by atoms with van der Waals surface area (Å²) in [5.74, 6) is 0.753. The minimum Gasteiger partial charge on any atom is -0.444 e. The van der Waals surface area contributed by atoms with Crippen molar-refractivity contribution in [3.05, 3.63) is 71.7 Å². The number of nitrogens with one attached hydrogen (secondary N) is 1. The molecule has 0 aliphatic heterocycles. The maximum absolute atomic E-state index is 12.2. The number of benzene rings is 1. The zero-order valence-corrected chi connectivity index (χ0v) is 20.2. The Kier molecular flexibility index (Phi) is 6.34. The van der Waals surface area contributed by atoms with Gasteiger partial charge in [0.15, 0.2) is 5.82 Å². The number of ether oxygens (including phenoxy) is 1. The first-order valence-electron chi connectivity index (χ1n) is 11.3. The van der Waals surface area contributed by atoms with Gasteiger partial charge in [-0.1, -0.05) is 12.1 Å². The van der Waals surface area contributed by atoms with E-state index in [4.69, 9.17) is 20.6 Å². The van der Waals surface area contributed by atoms with Crippen LogP contribution >= 0.6 is 0 Å². The Morgan fingerprint density at radius 2 is 1.91 bits per heavy atom. The third-order valence-corrected chi connectivity index (χ3v) is 5.28. The van der Waals surface area contributed by atoms with E-state index in [9.17, 15) is 4.79 Å². The van der Waals surface area contributed by atoms with Gasteiger partial charge >= 0.3 is 6.09 Å². The molecule has 8 heteroatoms. The molecule has 0 radical (unpaired) electrons. The molecule has 1 amide bonds. The van der Waals surface area contributed by atoms with Gasteiger partial charge in [0, 0.05) is 29.4 Å². The van der Waals surface area contributed by atoms with Crippen molar-refractivity contribution >= 4 is 17.0 Å². The molecule has 4 rings (SSSR count). The summed E-state index contributed by atoms with van der Waals surface area (Å²) < 4.78 is 7.14. The summed E-state index contributed by atoms with van der Waals surface area (Å²) in [6.07, 6.45) is 1.48. The van der Waals surface area contributed by atoms with Crippen LogP contribution in [-0.4, -0.2) is 31.4 Å². The molecule has 4 aromatic rings. The van der Waals surface area contributed by atoms with Crippen molar-refractivity contribution in [1.82, 2.24) is 25.1 Å². The van der Waals surface area contributed by atoms with Gasteiger partial charge in [-0.3, -0.25) is 4.98 Å². The number of hydrogen-bond acceptors (Lipinski definition) is 6. The number of rotatable bonds is 5. The van der Waals surface area contributed by atoms with Gasteiger partial charge in [-0.2, -0.15) is 5.10 Å². The second-order valence-corrected chi connectivity index (χ2v) is 9.30. The number of pyridine rings is 2. The first-order chi connectivity index (χ1) is 16.1. The molecule has 3 heterocycles. The van der Waals surface area contributed by atoms with Gasteiger partial charge in [0.1, 0.15) is 5.60 Å². The lowest BCUT2D eigenvalue weighted by atomic mass is 10.0. The highest BCUT2D eigenvalue weighted by atomic mass is 16.6. The van der Waals surface area contributed by atoms with Crippen molar-refractivity contribution in [3.8, 4) is 17.1 Å². The van der Waals surface area contributed by atoms with Gasteiger partial charge in [0.05, 0.1) is 22.9 Å². The molecule has 34 heavy (non-hydrogen) atoms. The molecule has 176 valence electrons. The molecule has 0 saturated carbocycles. The van der Waals surface area contributed by atoms with E-state index in [1.54, 1.807) is 4.68 Å². The lowest BCUT2D eigenvalue weighted by Crippen LogP contribution is -2.34. The molecule has 1 aromatic carbocycles. The van der Waals surface area contributed by atoms with Crippen molar-refractivity contribution in [2.75, 3.05) is 0 Å². The number of carbonyl (C=O) groups excluding carboxylic acids is 1. The van der Waals surface area contributed by atoms with Crippen LogP contribution in [0, 0.1) is 6.92 Å². The molecule has 0 saturated heterocycles. The van der Waals surface area contributed by atoms with Crippen molar-refractivity contribution in [2.24, 2.45) is 5.73 Å². The van der Waals surface area contributed by atoms with Crippen LogP contribution in [0.25, 0.3) is 28.0 Å². The van der Waals surface area contributed by atoms with E-state index in [0.29, 0.717) is 6.54 Å². The van der Waals surface area contributed by atoms with E-state index in [1.165, 1.54) is 0 Å². The Balaban J connectivity index is 1.66. The molecule has 3 N–H and O–H groups in total. The lowest BCUT2D eigenvalue weighted by molar-refractivity contribution is 0.0507. The first-order valence-corrected chi connectivity index (χ1v) is 11.3. The van der Waals surface area contributed by atoms with Crippen LogP contribution in [0.4, 0.5) is 4.79 Å². The van der Waals surface area contributed by atoms with E-state index in [0.717, 1.165) is 44.9 Å². The fraction of sp³-hybridized carbons (Fsp3) is 0.308. The second-order valence-electron chi connectivity index (χ2n) is 9.30. The fourth-order valence-corrected chi connectivity index (χ4v) is 3.70. The highest BCUT2D eigenvalue weighted by molar-refractivity contribution is 5.87. The van der Waals surface area contributed by atoms with E-state index in [-0.39, 0.29) is 6.04 Å². The van der Waals surface area contributed by atoms with Crippen LogP contribution in [0.15, 0.2) is 54.7 Å². The van der Waals surface area contributed by atoms with Gasteiger partial charge in [0.2, 0.25) is 0 Å². The normalized spacial score (nSPS) is 12.5. The topological polar surface area (TPSA) is 108 Å². The number of alkyl carbamates (subject to hydrolysis) is 1. The number of hydrogen-bond donors (Lipinski definition) is 2. The number of nitrogens with two attached hydrogens (primary N) is 1. The molecule has 0 spiro atoms. The number of aryl methyl sites for hydroxylation is 1. The molecule has 3 aromatic heterocycles. The largest absolute Gasteiger partial charge is 0.444 e. The predicted octanol–water partition coefficient (Wildman–Crippen LogP) is 4.84. The number of carbonyl (C=O) groups is 1. The van der Waals surface area contributed by atoms with Gasteiger partial charge in [-0.05, 0) is 76.6 Å². The Labute approximate surface area is 199 Å². The minimum atomic E-state index is -0.565. The Hall–Kier alpha value is -3.78. The highest BCUT2D eigenvalue weighted by Gasteiger charge is 2.19. The molecule has 0 fully saturated rings. The van der Waals surface area contributed by atoms with Crippen LogP contribution < -0.4 is 11.1 Å². The average Bonchev–Trinajstić information content (AvgIpc) is 3.21. The van der Waals surface area contributed by atoms with E-state index >= 15 is 0 Å². The number of aromatic nitrogens is 4. The van der Waals surface area contributed by atoms with Gasteiger partial charge in [-0.25, -0.2) is 14.5 Å². The van der Waals surface area contributed by atoms with Crippen molar-refractivity contribution in [3.63, 3.8) is 0 Å². The summed E-state index contributed by atoms with van der Waals surface area (Å²) in [5.41, 5.74) is 10.6. The Bertz CT molecular complexity index is 1340. The first kappa shape index (κ1) is 23.4. The van der Waals surface area contributed by atoms with Crippen LogP contribution in [0.2, 0.25) is 0 Å². The highest BCUT2D eigenvalue weighted by Crippen LogP contribution is 2.28. The molecule has 0 bridgehead atoms. The molecule has 0 aliphatic rings. The summed E-state index contributed by atoms with van der Waals surface area (Å²) in [7, 11) is 0. The summed E-state index contributed by atoms with van der Waals surface area (Å²) in [6.45, 7) is 9.69. The fourth-order valence-electron chi connectivity index (χ4n) is 3.70. The lowest BCUT2D eigenvalue weighted by Gasteiger charge is -2.22. The van der Waals surface area contributed by atoms with Gasteiger partial charge in [-0.15, -0.1) is 0 Å². The third kappa shape index (κ3) is 5.23. The van der Waals surface area contributed by atoms with Gasteiger partial charge in [0.25, 0.3) is 0 Å². The number of nitrogens with zero attached hydrogens (tertiary/aromatic N) is 4. The zero-order valence-electron chi connectivity index (χ0n) is 20.2. The molecule has 1 atom stereocenters. The Morgan fingerprint density at radius 1 is 1.15 bits per heavy atom. The molecule has 0 aliphatic carbocycles.